The molecule has 0 saturated heterocycles. The molecule has 3 aromatic rings. The average Bonchev–Trinajstić information content (AvgIpc) is 2.92. The summed E-state index contributed by atoms with van der Waals surface area (Å²) in [4.78, 5) is 10.8. The van der Waals surface area contributed by atoms with Crippen LogP contribution in [0.25, 0.3) is 16.9 Å². The van der Waals surface area contributed by atoms with E-state index in [9.17, 15) is 22.0 Å². The van der Waals surface area contributed by atoms with E-state index >= 15 is 0 Å². The molecule has 0 fully saturated rings. The maximum absolute atomic E-state index is 13.9. The normalized spacial score (nSPS) is 12.1. The smallest absolute Gasteiger partial charge is 0.280 e. The van der Waals surface area contributed by atoms with Gasteiger partial charge in [0.2, 0.25) is 5.82 Å². The third-order valence-corrected chi connectivity index (χ3v) is 3.25. The predicted octanol–water partition coefficient (Wildman–Crippen LogP) is 3.67. The van der Waals surface area contributed by atoms with Crippen LogP contribution in [0.1, 0.15) is 18.4 Å². The number of halogens is 5. The first-order valence-electron chi connectivity index (χ1n) is 6.58. The summed E-state index contributed by atoms with van der Waals surface area (Å²) in [6, 6.07) is 3.37. The van der Waals surface area contributed by atoms with Crippen molar-refractivity contribution in [3.8, 4) is 5.69 Å². The second kappa shape index (κ2) is 5.25. The molecule has 0 aliphatic rings. The van der Waals surface area contributed by atoms with Crippen LogP contribution < -0.4 is 0 Å². The number of alkyl halides is 3. The zero-order valence-corrected chi connectivity index (χ0v) is 11.7. The summed E-state index contributed by atoms with van der Waals surface area (Å²) in [5.41, 5.74) is -0.308. The van der Waals surface area contributed by atoms with E-state index in [0.29, 0.717) is 0 Å². The van der Waals surface area contributed by atoms with Crippen molar-refractivity contribution in [1.82, 2.24) is 19.5 Å². The summed E-state index contributed by atoms with van der Waals surface area (Å²) in [6.45, 7) is 1.61. The van der Waals surface area contributed by atoms with Gasteiger partial charge in [-0.3, -0.25) is 4.57 Å². The Morgan fingerprint density at radius 3 is 2.52 bits per heavy atom. The molecule has 0 N–H and O–H groups in total. The van der Waals surface area contributed by atoms with Crippen molar-refractivity contribution in [1.29, 1.82) is 0 Å². The number of fused-ring (bicyclic) bond motifs is 1. The van der Waals surface area contributed by atoms with Crippen molar-refractivity contribution in [2.24, 2.45) is 0 Å². The van der Waals surface area contributed by atoms with Gasteiger partial charge in [0.25, 0.3) is 0 Å². The topological polar surface area (TPSA) is 43.6 Å². The summed E-state index contributed by atoms with van der Waals surface area (Å²) in [5, 5.41) is 0. The van der Waals surface area contributed by atoms with Gasteiger partial charge < -0.3 is 0 Å². The largest absolute Gasteiger partial charge is 0.451 e. The lowest BCUT2D eigenvalue weighted by atomic mass is 10.2. The van der Waals surface area contributed by atoms with Gasteiger partial charge in [-0.2, -0.15) is 13.2 Å². The number of hydrogen-bond acceptors (Lipinski definition) is 3. The lowest BCUT2D eigenvalue weighted by Crippen LogP contribution is -2.13. The van der Waals surface area contributed by atoms with Crippen LogP contribution in [0, 0.1) is 11.6 Å². The molecule has 0 atom stereocenters. The van der Waals surface area contributed by atoms with Crippen molar-refractivity contribution in [2.45, 2.75) is 19.5 Å². The number of nitrogens with zero attached hydrogens (tertiary/aromatic N) is 4. The Bertz CT molecular complexity index is 885. The number of hydrogen-bond donors (Lipinski definition) is 0. The van der Waals surface area contributed by atoms with Crippen LogP contribution in [0.3, 0.4) is 0 Å². The first kappa shape index (κ1) is 15.3. The number of aromatic nitrogens is 4. The summed E-state index contributed by atoms with van der Waals surface area (Å²) in [6.07, 6.45) is -3.48. The number of imidazole rings is 1. The molecule has 9 heteroatoms. The van der Waals surface area contributed by atoms with Crippen molar-refractivity contribution < 1.29 is 22.0 Å². The first-order valence-corrected chi connectivity index (χ1v) is 6.58. The fourth-order valence-corrected chi connectivity index (χ4v) is 2.19. The van der Waals surface area contributed by atoms with E-state index in [1.165, 1.54) is 12.1 Å². The van der Waals surface area contributed by atoms with E-state index in [1.54, 1.807) is 6.92 Å². The molecule has 3 rings (SSSR count). The Hall–Kier alpha value is -2.58. The predicted molar refractivity (Wildman–Crippen MR) is 71.0 cm³/mol. The van der Waals surface area contributed by atoms with Crippen LogP contribution in [0.2, 0.25) is 0 Å². The van der Waals surface area contributed by atoms with Crippen LogP contribution in [0.5, 0.6) is 0 Å². The summed E-state index contributed by atoms with van der Waals surface area (Å²) in [5.74, 6) is -3.66. The highest BCUT2D eigenvalue weighted by Crippen LogP contribution is 2.29. The molecule has 2 aromatic heterocycles. The van der Waals surface area contributed by atoms with E-state index in [2.05, 4.69) is 15.0 Å². The van der Waals surface area contributed by atoms with Gasteiger partial charge in [-0.1, -0.05) is 13.0 Å². The SMILES string of the molecule is CCc1nc(C(F)(F)F)nc2c1ncn2-c1cccc(F)c1F. The Morgan fingerprint density at radius 2 is 1.87 bits per heavy atom. The minimum Gasteiger partial charge on any atom is -0.280 e. The van der Waals surface area contributed by atoms with Crippen LogP contribution in [0.15, 0.2) is 24.5 Å². The molecule has 120 valence electrons. The molecule has 1 aromatic carbocycles. The molecule has 0 spiro atoms. The quantitative estimate of drug-likeness (QED) is 0.674. The van der Waals surface area contributed by atoms with Crippen LogP contribution in [-0.4, -0.2) is 19.5 Å². The van der Waals surface area contributed by atoms with E-state index in [1.807, 2.05) is 0 Å². The Labute approximate surface area is 126 Å². The minimum absolute atomic E-state index is 0.0814. The van der Waals surface area contributed by atoms with Crippen LogP contribution in [-0.2, 0) is 12.6 Å². The molecule has 0 saturated carbocycles. The highest BCUT2D eigenvalue weighted by Gasteiger charge is 2.36. The third-order valence-electron chi connectivity index (χ3n) is 3.25. The van der Waals surface area contributed by atoms with Gasteiger partial charge in [-0.05, 0) is 18.6 Å². The number of rotatable bonds is 2. The molecule has 2 heterocycles. The second-order valence-corrected chi connectivity index (χ2v) is 4.70. The summed E-state index contributed by atoms with van der Waals surface area (Å²) in [7, 11) is 0. The second-order valence-electron chi connectivity index (χ2n) is 4.70. The van der Waals surface area contributed by atoms with Gasteiger partial charge in [0, 0.05) is 0 Å². The molecular weight excluding hydrogens is 319 g/mol. The Kier molecular flexibility index (Phi) is 3.50. The molecular formula is C14H9F5N4. The van der Waals surface area contributed by atoms with Crippen molar-refractivity contribution in [2.75, 3.05) is 0 Å². The summed E-state index contributed by atoms with van der Waals surface area (Å²) >= 11 is 0. The monoisotopic (exact) mass is 328 g/mol. The van der Waals surface area contributed by atoms with E-state index in [4.69, 9.17) is 0 Å². The number of aryl methyl sites for hydroxylation is 1. The fraction of sp³-hybridized carbons (Fsp3) is 0.214. The van der Waals surface area contributed by atoms with Gasteiger partial charge in [0.05, 0.1) is 11.4 Å². The fourth-order valence-electron chi connectivity index (χ4n) is 2.19. The highest BCUT2D eigenvalue weighted by atomic mass is 19.4. The molecule has 0 aliphatic heterocycles. The maximum Gasteiger partial charge on any atom is 0.451 e. The van der Waals surface area contributed by atoms with Crippen molar-refractivity contribution in [3.05, 3.63) is 47.7 Å². The molecule has 4 nitrogen and oxygen atoms in total. The van der Waals surface area contributed by atoms with E-state index < -0.39 is 23.6 Å². The third kappa shape index (κ3) is 2.51. The standard InChI is InChI=1S/C14H9F5N4/c1-2-8-11-12(22-13(21-8)14(17,18)19)23(6-20-11)9-5-3-4-7(15)10(9)16/h3-6H,2H2,1H3. The molecule has 0 unspecified atom stereocenters. The average molecular weight is 328 g/mol. The first-order chi connectivity index (χ1) is 10.8. The lowest BCUT2D eigenvalue weighted by molar-refractivity contribution is -0.144. The zero-order valence-electron chi connectivity index (χ0n) is 11.7. The van der Waals surface area contributed by atoms with Crippen molar-refractivity contribution >= 4 is 11.2 Å². The van der Waals surface area contributed by atoms with Crippen molar-refractivity contribution in [3.63, 3.8) is 0 Å². The molecule has 23 heavy (non-hydrogen) atoms. The van der Waals surface area contributed by atoms with Crippen LogP contribution >= 0.6 is 0 Å². The van der Waals surface area contributed by atoms with E-state index in [0.717, 1.165) is 17.0 Å². The summed E-state index contributed by atoms with van der Waals surface area (Å²) < 4.78 is 67.0. The Morgan fingerprint density at radius 1 is 1.13 bits per heavy atom. The highest BCUT2D eigenvalue weighted by molar-refractivity contribution is 5.75. The van der Waals surface area contributed by atoms with Crippen LogP contribution in [0.4, 0.5) is 22.0 Å². The molecule has 0 bridgehead atoms. The van der Waals surface area contributed by atoms with Gasteiger partial charge in [0.1, 0.15) is 11.8 Å². The molecule has 0 aliphatic carbocycles. The Balaban J connectivity index is 2.33. The molecule has 0 radical (unpaired) electrons. The number of benzene rings is 1. The van der Waals surface area contributed by atoms with Gasteiger partial charge in [-0.25, -0.2) is 23.7 Å². The minimum atomic E-state index is -4.76. The van der Waals surface area contributed by atoms with Gasteiger partial charge >= 0.3 is 6.18 Å². The zero-order chi connectivity index (χ0) is 16.8. The van der Waals surface area contributed by atoms with Gasteiger partial charge in [-0.15, -0.1) is 0 Å². The molecule has 0 amide bonds. The lowest BCUT2D eigenvalue weighted by Gasteiger charge is -2.09. The van der Waals surface area contributed by atoms with E-state index in [-0.39, 0.29) is 29.0 Å². The van der Waals surface area contributed by atoms with Gasteiger partial charge in [0.15, 0.2) is 17.3 Å². The maximum atomic E-state index is 13.9.